The van der Waals surface area contributed by atoms with E-state index in [2.05, 4.69) is 43.0 Å². The Bertz CT molecular complexity index is 833. The van der Waals surface area contributed by atoms with Crippen molar-refractivity contribution >= 4 is 46.8 Å². The molecule has 0 aliphatic carbocycles. The van der Waals surface area contributed by atoms with Crippen molar-refractivity contribution in [2.75, 3.05) is 24.5 Å². The van der Waals surface area contributed by atoms with Gasteiger partial charge in [-0.15, -0.1) is 11.3 Å². The van der Waals surface area contributed by atoms with Gasteiger partial charge in [-0.1, -0.05) is 6.07 Å². The molecule has 7 nitrogen and oxygen atoms in total. The van der Waals surface area contributed by atoms with Crippen LogP contribution in [0.15, 0.2) is 34.7 Å². The van der Waals surface area contributed by atoms with E-state index in [1.54, 1.807) is 17.5 Å². The Morgan fingerprint density at radius 2 is 2.21 bits per heavy atom. The number of nitrogens with zero attached hydrogens (tertiary/aromatic N) is 3. The van der Waals surface area contributed by atoms with E-state index in [4.69, 9.17) is 0 Å². The Kier molecular flexibility index (Phi) is 8.21. The number of carbonyl (C=O) groups excluding carboxylic acids is 2. The second-order valence-corrected chi connectivity index (χ2v) is 9.08. The minimum atomic E-state index is -0.405. The smallest absolute Gasteiger partial charge is 0.289 e. The van der Waals surface area contributed by atoms with Gasteiger partial charge in [0.2, 0.25) is 12.4 Å². The number of rotatable bonds is 8. The van der Waals surface area contributed by atoms with E-state index < -0.39 is 5.24 Å². The number of piperidine rings is 1. The minimum Gasteiger partial charge on any atom is -0.341 e. The average molecular weight is 432 g/mol. The number of amides is 2. The summed E-state index contributed by atoms with van der Waals surface area (Å²) in [5.74, 6) is 1.39. The maximum absolute atomic E-state index is 11.5. The van der Waals surface area contributed by atoms with Gasteiger partial charge in [-0.25, -0.2) is 9.97 Å². The van der Waals surface area contributed by atoms with Crippen molar-refractivity contribution in [3.8, 4) is 0 Å². The van der Waals surface area contributed by atoms with Crippen LogP contribution in [-0.2, 0) is 11.3 Å². The van der Waals surface area contributed by atoms with Gasteiger partial charge in [0.1, 0.15) is 0 Å². The van der Waals surface area contributed by atoms with Crippen molar-refractivity contribution in [3.05, 3.63) is 45.3 Å². The molecule has 2 aromatic rings. The van der Waals surface area contributed by atoms with Crippen LogP contribution in [0, 0.1) is 5.92 Å². The molecule has 154 valence electrons. The molecule has 0 radical (unpaired) electrons. The third-order valence-electron chi connectivity index (χ3n) is 4.66. The molecule has 0 spiro atoms. The summed E-state index contributed by atoms with van der Waals surface area (Å²) in [7, 11) is 0. The third-order valence-corrected chi connectivity index (χ3v) is 6.28. The number of aromatic nitrogens is 2. The van der Waals surface area contributed by atoms with E-state index in [-0.39, 0.29) is 0 Å². The summed E-state index contributed by atoms with van der Waals surface area (Å²) in [6.07, 6.45) is 6.17. The molecule has 2 N–H and O–H groups in total. The summed E-state index contributed by atoms with van der Waals surface area (Å²) < 4.78 is 0. The highest BCUT2D eigenvalue weighted by Crippen LogP contribution is 2.22. The number of nitrogens with one attached hydrogen (secondary N) is 2. The summed E-state index contributed by atoms with van der Waals surface area (Å²) >= 11 is 2.75. The van der Waals surface area contributed by atoms with E-state index in [1.807, 2.05) is 19.1 Å². The highest BCUT2D eigenvalue weighted by Gasteiger charge is 2.20. The Hall–Kier alpha value is -2.23. The summed E-state index contributed by atoms with van der Waals surface area (Å²) in [6.45, 7) is 5.67. The van der Waals surface area contributed by atoms with Crippen LogP contribution in [0.3, 0.4) is 0 Å². The predicted molar refractivity (Wildman–Crippen MR) is 119 cm³/mol. The van der Waals surface area contributed by atoms with Gasteiger partial charge in [-0.05, 0) is 72.5 Å². The van der Waals surface area contributed by atoms with Crippen LogP contribution in [0.4, 0.5) is 10.7 Å². The molecule has 2 amide bonds. The summed E-state index contributed by atoms with van der Waals surface area (Å²) in [5.41, 5.74) is 0.749. The zero-order chi connectivity index (χ0) is 20.5. The fraction of sp³-hybridized carbons (Fsp3) is 0.400. The van der Waals surface area contributed by atoms with Crippen molar-refractivity contribution in [1.82, 2.24) is 20.6 Å². The van der Waals surface area contributed by atoms with Crippen LogP contribution >= 0.6 is 23.1 Å². The largest absolute Gasteiger partial charge is 0.341 e. The van der Waals surface area contributed by atoms with Crippen LogP contribution in [0.25, 0.3) is 6.08 Å². The first-order chi connectivity index (χ1) is 14.1. The SMILES string of the molecule is C/C(=C/c1ccnc(N2CCC(CNCc3cccs3)CC2)n1)SC(=O)NC=O. The van der Waals surface area contributed by atoms with Crippen molar-refractivity contribution in [2.45, 2.75) is 26.3 Å². The van der Waals surface area contributed by atoms with Gasteiger partial charge >= 0.3 is 0 Å². The summed E-state index contributed by atoms with van der Waals surface area (Å²) in [5, 5.41) is 7.38. The molecule has 0 unspecified atom stereocenters. The van der Waals surface area contributed by atoms with Crippen LogP contribution in [0.2, 0.25) is 0 Å². The van der Waals surface area contributed by atoms with E-state index in [9.17, 15) is 9.59 Å². The summed E-state index contributed by atoms with van der Waals surface area (Å²) in [6, 6.07) is 6.06. The quantitative estimate of drug-likeness (QED) is 0.619. The Morgan fingerprint density at radius 3 is 2.93 bits per heavy atom. The van der Waals surface area contributed by atoms with Gasteiger partial charge in [0.15, 0.2) is 0 Å². The molecule has 1 fully saturated rings. The molecule has 0 saturated carbocycles. The van der Waals surface area contributed by atoms with Gasteiger partial charge in [0.05, 0.1) is 5.69 Å². The second-order valence-electron chi connectivity index (χ2n) is 6.83. The first-order valence-electron chi connectivity index (χ1n) is 9.55. The van der Waals surface area contributed by atoms with E-state index in [0.717, 1.165) is 67.3 Å². The molecule has 3 heterocycles. The van der Waals surface area contributed by atoms with Crippen LogP contribution in [0.5, 0.6) is 0 Å². The number of allylic oxidation sites excluding steroid dienone is 1. The number of anilines is 1. The Balaban J connectivity index is 1.48. The zero-order valence-electron chi connectivity index (χ0n) is 16.3. The van der Waals surface area contributed by atoms with E-state index in [0.29, 0.717) is 12.3 Å². The molecular formula is C20H25N5O2S2. The van der Waals surface area contributed by atoms with Crippen molar-refractivity contribution in [2.24, 2.45) is 5.92 Å². The lowest BCUT2D eigenvalue weighted by atomic mass is 9.97. The molecule has 0 atom stereocenters. The third kappa shape index (κ3) is 6.95. The molecule has 0 bridgehead atoms. The first-order valence-corrected chi connectivity index (χ1v) is 11.2. The van der Waals surface area contributed by atoms with Crippen LogP contribution in [-0.4, -0.2) is 41.3 Å². The predicted octanol–water partition coefficient (Wildman–Crippen LogP) is 3.50. The van der Waals surface area contributed by atoms with Gasteiger partial charge in [-0.3, -0.25) is 14.9 Å². The van der Waals surface area contributed by atoms with Crippen LogP contribution < -0.4 is 15.5 Å². The van der Waals surface area contributed by atoms with E-state index in [1.165, 1.54) is 4.88 Å². The van der Waals surface area contributed by atoms with Crippen molar-refractivity contribution < 1.29 is 9.59 Å². The fourth-order valence-electron chi connectivity index (χ4n) is 3.21. The number of thioether (sulfide) groups is 1. The van der Waals surface area contributed by atoms with Gasteiger partial charge in [0, 0.05) is 30.7 Å². The number of thiophene rings is 1. The zero-order valence-corrected chi connectivity index (χ0v) is 18.0. The van der Waals surface area contributed by atoms with Gasteiger partial charge in [0.25, 0.3) is 5.24 Å². The Labute approximate surface area is 179 Å². The lowest BCUT2D eigenvalue weighted by Gasteiger charge is -2.32. The molecule has 2 aromatic heterocycles. The lowest BCUT2D eigenvalue weighted by Crippen LogP contribution is -2.38. The molecular weight excluding hydrogens is 406 g/mol. The number of hydrogen-bond donors (Lipinski definition) is 2. The maximum atomic E-state index is 11.5. The van der Waals surface area contributed by atoms with Crippen LogP contribution in [0.1, 0.15) is 30.3 Å². The molecule has 0 aromatic carbocycles. The topological polar surface area (TPSA) is 87.2 Å². The molecule has 1 aliphatic rings. The molecule has 3 rings (SSSR count). The first kappa shape index (κ1) is 21.5. The fourth-order valence-corrected chi connectivity index (χ4v) is 4.46. The molecule has 9 heteroatoms. The van der Waals surface area contributed by atoms with Gasteiger partial charge in [-0.2, -0.15) is 0 Å². The monoisotopic (exact) mass is 431 g/mol. The number of carbonyl (C=O) groups is 2. The normalized spacial score (nSPS) is 15.3. The van der Waals surface area contributed by atoms with Crippen molar-refractivity contribution in [1.29, 1.82) is 0 Å². The number of hydrogen-bond acceptors (Lipinski definition) is 8. The Morgan fingerprint density at radius 1 is 1.38 bits per heavy atom. The van der Waals surface area contributed by atoms with E-state index >= 15 is 0 Å². The average Bonchev–Trinajstić information content (AvgIpc) is 3.22. The summed E-state index contributed by atoms with van der Waals surface area (Å²) in [4.78, 5) is 35.2. The minimum absolute atomic E-state index is 0.382. The molecule has 1 saturated heterocycles. The standard InChI is InChI=1S/C20H25N5O2S2/c1-15(29-20(27)23-14-26)11-17-4-7-22-19(24-17)25-8-5-16(6-9-25)12-21-13-18-3-2-10-28-18/h2-4,7,10-11,14,16,21H,5-6,8-9,12-13H2,1H3,(H,23,26,27)/b15-11-. The highest BCUT2D eigenvalue weighted by atomic mass is 32.2. The highest BCUT2D eigenvalue weighted by molar-refractivity contribution is 8.17. The van der Waals surface area contributed by atoms with Gasteiger partial charge < -0.3 is 10.2 Å². The molecule has 29 heavy (non-hydrogen) atoms. The second kappa shape index (κ2) is 11.1. The molecule has 1 aliphatic heterocycles. The lowest BCUT2D eigenvalue weighted by molar-refractivity contribution is -0.108. The number of imide groups is 1. The van der Waals surface area contributed by atoms with Crippen molar-refractivity contribution in [3.63, 3.8) is 0 Å². The maximum Gasteiger partial charge on any atom is 0.289 e.